The topological polar surface area (TPSA) is 164 Å². The molecule has 0 aliphatic carbocycles. The summed E-state index contributed by atoms with van der Waals surface area (Å²) >= 11 is 0. The fraction of sp³-hybridized carbons (Fsp3) is 0.500. The number of hydrogen-bond acceptors (Lipinski definition) is 4. The first-order chi connectivity index (χ1) is 5.86. The van der Waals surface area contributed by atoms with Crippen LogP contribution in [-0.4, -0.2) is 49.9 Å². The molecule has 0 fully saturated rings. The summed E-state index contributed by atoms with van der Waals surface area (Å²) in [5, 5.41) is 33.5. The molecule has 11 heteroatoms. The Morgan fingerprint density at radius 3 is 1.41 bits per heavy atom. The Morgan fingerprint density at radius 2 is 1.24 bits per heavy atom. The van der Waals surface area contributed by atoms with Gasteiger partial charge in [-0.15, -0.1) is 0 Å². The van der Waals surface area contributed by atoms with Crippen LogP contribution in [0.4, 0.5) is 0 Å². The van der Waals surface area contributed by atoms with Gasteiger partial charge < -0.3 is 25.9 Å². The zero-order valence-electron chi connectivity index (χ0n) is 9.88. The number of aliphatic carboxylic acids is 3. The Bertz CT molecular complexity index is 245. The zero-order chi connectivity index (χ0) is 10.6. The van der Waals surface area contributed by atoms with Gasteiger partial charge in [0.15, 0.2) is 6.10 Å². The molecular formula is C6H10Na3O8+3. The summed E-state index contributed by atoms with van der Waals surface area (Å²) in [5.74, 6) is -6.71. The molecule has 6 N–H and O–H groups in total. The minimum Gasteiger partial charge on any atom is -0.481 e. The number of carboxylic acids is 3. The van der Waals surface area contributed by atoms with Crippen LogP contribution in [0.15, 0.2) is 0 Å². The van der Waals surface area contributed by atoms with Crippen molar-refractivity contribution in [1.82, 2.24) is 0 Å². The van der Waals surface area contributed by atoms with Crippen LogP contribution in [0.1, 0.15) is 6.42 Å². The molecule has 2 unspecified atom stereocenters. The zero-order valence-corrected chi connectivity index (χ0v) is 15.9. The predicted octanol–water partition coefficient (Wildman–Crippen LogP) is -11.2. The van der Waals surface area contributed by atoms with E-state index in [0.717, 1.165) is 0 Å². The molecule has 0 bridgehead atoms. The Hall–Kier alpha value is 1.33. The molecule has 8 nitrogen and oxygen atoms in total. The summed E-state index contributed by atoms with van der Waals surface area (Å²) in [6, 6.07) is 0. The van der Waals surface area contributed by atoms with Gasteiger partial charge in [-0.25, -0.2) is 4.79 Å². The molecule has 0 rings (SSSR count). The SMILES string of the molecule is O.O=C(O)CC(C(=O)O)C(O)C(=O)O.[Na+].[Na+].[Na+]. The standard InChI is InChI=1S/C6H8O7.3Na.H2O/c7-3(8)1-2(5(10)11)4(9)6(12)13;;;;/h2,4,9H,1H2,(H,7,8)(H,10,11)(H,12,13);;;;1H2/q;3*+1;. The normalized spacial score (nSPS) is 11.1. The van der Waals surface area contributed by atoms with E-state index in [1.165, 1.54) is 0 Å². The fourth-order valence-electron chi connectivity index (χ4n) is 0.694. The van der Waals surface area contributed by atoms with Crippen molar-refractivity contribution in [2.45, 2.75) is 12.5 Å². The summed E-state index contributed by atoms with van der Waals surface area (Å²) in [5.41, 5.74) is 0. The van der Waals surface area contributed by atoms with Crippen LogP contribution >= 0.6 is 0 Å². The molecule has 0 heterocycles. The number of carbonyl (C=O) groups is 3. The molecule has 0 aromatic heterocycles. The monoisotopic (exact) mass is 279 g/mol. The minimum atomic E-state index is -2.20. The number of aliphatic hydroxyl groups excluding tert-OH is 1. The third-order valence-electron chi connectivity index (χ3n) is 1.35. The largest absolute Gasteiger partial charge is 1.00 e. The average Bonchev–Trinajstić information content (AvgIpc) is 1.97. The Balaban J connectivity index is -0.000000120. The summed E-state index contributed by atoms with van der Waals surface area (Å²) in [6.07, 6.45) is -3.13. The molecule has 0 aromatic carbocycles. The molecule has 0 spiro atoms. The van der Waals surface area contributed by atoms with E-state index in [1.54, 1.807) is 0 Å². The number of aliphatic hydroxyl groups is 1. The summed E-state index contributed by atoms with van der Waals surface area (Å²) in [4.78, 5) is 30.5. The molecule has 0 aliphatic heterocycles. The third-order valence-corrected chi connectivity index (χ3v) is 1.35. The Morgan fingerprint density at radius 1 is 0.882 bits per heavy atom. The van der Waals surface area contributed by atoms with Crippen LogP contribution in [0.25, 0.3) is 0 Å². The third kappa shape index (κ3) is 13.6. The summed E-state index contributed by atoms with van der Waals surface area (Å²) in [6.45, 7) is 0. The first-order valence-electron chi connectivity index (χ1n) is 3.21. The van der Waals surface area contributed by atoms with E-state index in [2.05, 4.69) is 0 Å². The van der Waals surface area contributed by atoms with Gasteiger partial charge in [0.1, 0.15) is 5.92 Å². The first-order valence-corrected chi connectivity index (χ1v) is 3.21. The summed E-state index contributed by atoms with van der Waals surface area (Å²) in [7, 11) is 0. The maximum absolute atomic E-state index is 10.3. The van der Waals surface area contributed by atoms with Gasteiger partial charge in [0.2, 0.25) is 0 Å². The molecule has 0 saturated carbocycles. The van der Waals surface area contributed by atoms with Gasteiger partial charge in [-0.2, -0.15) is 0 Å². The van der Waals surface area contributed by atoms with Gasteiger partial charge in [0, 0.05) is 0 Å². The van der Waals surface area contributed by atoms with Crippen molar-refractivity contribution in [3.63, 3.8) is 0 Å². The van der Waals surface area contributed by atoms with Crippen LogP contribution < -0.4 is 88.7 Å². The van der Waals surface area contributed by atoms with E-state index < -0.39 is 36.4 Å². The summed E-state index contributed by atoms with van der Waals surface area (Å²) < 4.78 is 0. The van der Waals surface area contributed by atoms with Crippen molar-refractivity contribution in [3.05, 3.63) is 0 Å². The van der Waals surface area contributed by atoms with Gasteiger partial charge in [0.05, 0.1) is 6.42 Å². The first kappa shape index (κ1) is 31.0. The molecule has 82 valence electrons. The van der Waals surface area contributed by atoms with Crippen molar-refractivity contribution < 1.29 is 129 Å². The van der Waals surface area contributed by atoms with Gasteiger partial charge in [0.25, 0.3) is 0 Å². The van der Waals surface area contributed by atoms with Gasteiger partial charge in [-0.05, 0) is 0 Å². The molecule has 0 saturated heterocycles. The predicted molar refractivity (Wildman–Crippen MR) is 40.6 cm³/mol. The van der Waals surface area contributed by atoms with Crippen LogP contribution in [-0.2, 0) is 14.4 Å². The fourth-order valence-corrected chi connectivity index (χ4v) is 0.694. The Kier molecular flexibility index (Phi) is 28.0. The van der Waals surface area contributed by atoms with E-state index in [1.807, 2.05) is 0 Å². The molecule has 2 atom stereocenters. The van der Waals surface area contributed by atoms with Crippen LogP contribution in [0.3, 0.4) is 0 Å². The van der Waals surface area contributed by atoms with E-state index in [0.29, 0.717) is 0 Å². The second-order valence-electron chi connectivity index (χ2n) is 2.33. The Labute approximate surface area is 163 Å². The average molecular weight is 279 g/mol. The van der Waals surface area contributed by atoms with Crippen molar-refractivity contribution in [3.8, 4) is 0 Å². The smallest absolute Gasteiger partial charge is 0.481 e. The maximum atomic E-state index is 10.3. The van der Waals surface area contributed by atoms with E-state index in [-0.39, 0.29) is 94.1 Å². The molecule has 17 heavy (non-hydrogen) atoms. The van der Waals surface area contributed by atoms with Crippen LogP contribution in [0.2, 0.25) is 0 Å². The molecule has 0 amide bonds. The van der Waals surface area contributed by atoms with E-state index in [9.17, 15) is 14.4 Å². The second-order valence-corrected chi connectivity index (χ2v) is 2.33. The van der Waals surface area contributed by atoms with Gasteiger partial charge in [-0.3, -0.25) is 9.59 Å². The molecule has 0 radical (unpaired) electrons. The van der Waals surface area contributed by atoms with Crippen LogP contribution in [0, 0.1) is 5.92 Å². The number of rotatable bonds is 5. The number of carboxylic acid groups (broad SMARTS) is 3. The van der Waals surface area contributed by atoms with Crippen molar-refractivity contribution in [2.75, 3.05) is 0 Å². The van der Waals surface area contributed by atoms with Crippen molar-refractivity contribution in [1.29, 1.82) is 0 Å². The van der Waals surface area contributed by atoms with Gasteiger partial charge in [-0.1, -0.05) is 0 Å². The van der Waals surface area contributed by atoms with Crippen molar-refractivity contribution >= 4 is 17.9 Å². The second kappa shape index (κ2) is 15.4. The quantitative estimate of drug-likeness (QED) is 0.363. The van der Waals surface area contributed by atoms with Crippen molar-refractivity contribution in [2.24, 2.45) is 5.92 Å². The maximum Gasteiger partial charge on any atom is 1.00 e. The molecule has 0 aliphatic rings. The van der Waals surface area contributed by atoms with E-state index in [4.69, 9.17) is 20.4 Å². The number of hydrogen-bond donors (Lipinski definition) is 4. The molecule has 0 aromatic rings. The van der Waals surface area contributed by atoms with Crippen LogP contribution in [0.5, 0.6) is 0 Å². The van der Waals surface area contributed by atoms with E-state index >= 15 is 0 Å². The molecular weight excluding hydrogens is 269 g/mol. The minimum absolute atomic E-state index is 0. The van der Waals surface area contributed by atoms with Gasteiger partial charge >= 0.3 is 107 Å².